The van der Waals surface area contributed by atoms with E-state index in [4.69, 9.17) is 16.3 Å². The second-order valence-electron chi connectivity index (χ2n) is 4.15. The van der Waals surface area contributed by atoms with E-state index in [2.05, 4.69) is 21.2 Å². The number of carbonyl (C=O) groups excluding carboxylic acids is 2. The van der Waals surface area contributed by atoms with Crippen molar-refractivity contribution in [3.05, 3.63) is 57.5 Å². The minimum absolute atomic E-state index is 0.146. The number of nitrogens with one attached hydrogen (secondary N) is 1. The number of benzene rings is 2. The van der Waals surface area contributed by atoms with Crippen LogP contribution in [0.5, 0.6) is 5.75 Å². The molecule has 6 heteroatoms. The minimum atomic E-state index is -0.321. The number of aldehydes is 1. The lowest BCUT2D eigenvalue weighted by Gasteiger charge is -2.09. The van der Waals surface area contributed by atoms with E-state index >= 15 is 0 Å². The van der Waals surface area contributed by atoms with Crippen molar-refractivity contribution < 1.29 is 14.3 Å². The zero-order valence-corrected chi connectivity index (χ0v) is 13.1. The molecule has 0 spiro atoms. The normalized spacial score (nSPS) is 10.0. The van der Waals surface area contributed by atoms with E-state index < -0.39 is 0 Å². The SMILES string of the molecule is O=Cc1ccc(OCC(=O)Nc2ccc(Br)cc2Cl)cc1. The maximum Gasteiger partial charge on any atom is 0.262 e. The Kier molecular flexibility index (Phi) is 5.36. The third-order valence-electron chi connectivity index (χ3n) is 2.59. The van der Waals surface area contributed by atoms with Crippen LogP contribution in [0.1, 0.15) is 10.4 Å². The molecule has 0 saturated heterocycles. The number of carbonyl (C=O) groups is 2. The lowest BCUT2D eigenvalue weighted by Crippen LogP contribution is -2.20. The molecule has 0 aromatic heterocycles. The molecule has 2 aromatic rings. The summed E-state index contributed by atoms with van der Waals surface area (Å²) < 4.78 is 6.15. The van der Waals surface area contributed by atoms with E-state index in [1.54, 1.807) is 42.5 Å². The van der Waals surface area contributed by atoms with Gasteiger partial charge < -0.3 is 10.1 Å². The largest absolute Gasteiger partial charge is 0.484 e. The molecule has 1 N–H and O–H groups in total. The number of halogens is 2. The number of anilines is 1. The van der Waals surface area contributed by atoms with Crippen LogP contribution >= 0.6 is 27.5 Å². The van der Waals surface area contributed by atoms with Crippen LogP contribution in [0.15, 0.2) is 46.9 Å². The Bertz CT molecular complexity index is 658. The summed E-state index contributed by atoms with van der Waals surface area (Å²) in [4.78, 5) is 22.3. The van der Waals surface area contributed by atoms with E-state index in [9.17, 15) is 9.59 Å². The van der Waals surface area contributed by atoms with Crippen LogP contribution in [-0.4, -0.2) is 18.8 Å². The van der Waals surface area contributed by atoms with Gasteiger partial charge in [-0.2, -0.15) is 0 Å². The molecule has 0 bridgehead atoms. The van der Waals surface area contributed by atoms with Crippen LogP contribution < -0.4 is 10.1 Å². The topological polar surface area (TPSA) is 55.4 Å². The van der Waals surface area contributed by atoms with Gasteiger partial charge in [-0.15, -0.1) is 0 Å². The third kappa shape index (κ3) is 4.58. The summed E-state index contributed by atoms with van der Waals surface area (Å²) >= 11 is 9.29. The molecule has 21 heavy (non-hydrogen) atoms. The minimum Gasteiger partial charge on any atom is -0.484 e. The molecular weight excluding hydrogens is 358 g/mol. The van der Waals surface area contributed by atoms with Crippen LogP contribution in [0.25, 0.3) is 0 Å². The Morgan fingerprint density at radius 2 is 1.95 bits per heavy atom. The highest BCUT2D eigenvalue weighted by molar-refractivity contribution is 9.10. The van der Waals surface area contributed by atoms with Gasteiger partial charge in [-0.25, -0.2) is 0 Å². The van der Waals surface area contributed by atoms with Crippen molar-refractivity contribution >= 4 is 45.4 Å². The van der Waals surface area contributed by atoms with E-state index in [0.717, 1.165) is 10.8 Å². The van der Waals surface area contributed by atoms with Gasteiger partial charge in [-0.1, -0.05) is 27.5 Å². The summed E-state index contributed by atoms with van der Waals surface area (Å²) in [6.07, 6.45) is 0.742. The van der Waals surface area contributed by atoms with E-state index in [-0.39, 0.29) is 12.5 Å². The Morgan fingerprint density at radius 3 is 2.57 bits per heavy atom. The molecule has 108 valence electrons. The van der Waals surface area contributed by atoms with Crippen molar-refractivity contribution in [3.8, 4) is 5.75 Å². The number of hydrogen-bond donors (Lipinski definition) is 1. The van der Waals surface area contributed by atoms with Crippen molar-refractivity contribution in [2.45, 2.75) is 0 Å². The first kappa shape index (κ1) is 15.5. The van der Waals surface area contributed by atoms with Crippen molar-refractivity contribution in [2.75, 3.05) is 11.9 Å². The van der Waals surface area contributed by atoms with Gasteiger partial charge in [-0.05, 0) is 42.5 Å². The smallest absolute Gasteiger partial charge is 0.262 e. The monoisotopic (exact) mass is 367 g/mol. The number of amides is 1. The fourth-order valence-corrected chi connectivity index (χ4v) is 2.29. The first-order chi connectivity index (χ1) is 10.1. The lowest BCUT2D eigenvalue weighted by atomic mass is 10.2. The second kappa shape index (κ2) is 7.24. The Balaban J connectivity index is 1.90. The van der Waals surface area contributed by atoms with Gasteiger partial charge in [0, 0.05) is 10.0 Å². The quantitative estimate of drug-likeness (QED) is 0.814. The molecule has 0 aliphatic rings. The standard InChI is InChI=1S/C15H11BrClNO3/c16-11-3-6-14(13(17)7-11)18-15(20)9-21-12-4-1-10(8-19)2-5-12/h1-8H,9H2,(H,18,20). The Labute approximate surface area is 135 Å². The molecule has 0 aliphatic carbocycles. The molecule has 4 nitrogen and oxygen atoms in total. The van der Waals surface area contributed by atoms with Gasteiger partial charge in [0.15, 0.2) is 6.61 Å². The zero-order chi connectivity index (χ0) is 15.2. The fraction of sp³-hybridized carbons (Fsp3) is 0.0667. The van der Waals surface area contributed by atoms with Crippen LogP contribution in [0.2, 0.25) is 5.02 Å². The number of ether oxygens (including phenoxy) is 1. The molecule has 0 unspecified atom stereocenters. The summed E-state index contributed by atoms with van der Waals surface area (Å²) in [5, 5.41) is 3.10. The van der Waals surface area contributed by atoms with E-state index in [0.29, 0.717) is 22.0 Å². The van der Waals surface area contributed by atoms with Gasteiger partial charge in [0.1, 0.15) is 12.0 Å². The van der Waals surface area contributed by atoms with Crippen LogP contribution in [0.4, 0.5) is 5.69 Å². The molecule has 0 radical (unpaired) electrons. The first-order valence-electron chi connectivity index (χ1n) is 6.01. The fourth-order valence-electron chi connectivity index (χ4n) is 1.57. The van der Waals surface area contributed by atoms with Crippen molar-refractivity contribution in [1.82, 2.24) is 0 Å². The molecule has 2 aromatic carbocycles. The molecule has 0 fully saturated rings. The van der Waals surface area contributed by atoms with Crippen LogP contribution in [0, 0.1) is 0 Å². The highest BCUT2D eigenvalue weighted by atomic mass is 79.9. The molecule has 0 heterocycles. The van der Waals surface area contributed by atoms with Gasteiger partial charge in [0.2, 0.25) is 0 Å². The maximum atomic E-state index is 11.8. The van der Waals surface area contributed by atoms with Gasteiger partial charge >= 0.3 is 0 Å². The second-order valence-corrected chi connectivity index (χ2v) is 5.47. The molecule has 1 amide bonds. The average Bonchev–Trinajstić information content (AvgIpc) is 2.48. The maximum absolute atomic E-state index is 11.8. The number of hydrogen-bond acceptors (Lipinski definition) is 3. The van der Waals surface area contributed by atoms with Gasteiger partial charge in [0.25, 0.3) is 5.91 Å². The van der Waals surface area contributed by atoms with E-state index in [1.807, 2.05) is 0 Å². The van der Waals surface area contributed by atoms with Crippen LogP contribution in [-0.2, 0) is 4.79 Å². The first-order valence-corrected chi connectivity index (χ1v) is 7.18. The van der Waals surface area contributed by atoms with Crippen molar-refractivity contribution in [3.63, 3.8) is 0 Å². The highest BCUT2D eigenvalue weighted by Gasteiger charge is 2.07. The summed E-state index contributed by atoms with van der Waals surface area (Å²) in [5.74, 6) is 0.191. The predicted octanol–water partition coefficient (Wildman–Crippen LogP) is 3.93. The molecule has 0 saturated carbocycles. The lowest BCUT2D eigenvalue weighted by molar-refractivity contribution is -0.118. The van der Waals surface area contributed by atoms with Crippen molar-refractivity contribution in [2.24, 2.45) is 0 Å². The Morgan fingerprint density at radius 1 is 1.24 bits per heavy atom. The van der Waals surface area contributed by atoms with E-state index in [1.165, 1.54) is 0 Å². The molecule has 0 aliphatic heterocycles. The Hall–Kier alpha value is -1.85. The molecule has 0 atom stereocenters. The average molecular weight is 369 g/mol. The summed E-state index contributed by atoms with van der Waals surface area (Å²) in [5.41, 5.74) is 1.07. The zero-order valence-electron chi connectivity index (χ0n) is 10.8. The summed E-state index contributed by atoms with van der Waals surface area (Å²) in [6, 6.07) is 11.7. The molecule has 2 rings (SSSR count). The van der Waals surface area contributed by atoms with Gasteiger partial charge in [-0.3, -0.25) is 9.59 Å². The van der Waals surface area contributed by atoms with Gasteiger partial charge in [0.05, 0.1) is 10.7 Å². The highest BCUT2D eigenvalue weighted by Crippen LogP contribution is 2.25. The summed E-state index contributed by atoms with van der Waals surface area (Å²) in [6.45, 7) is -0.146. The molecular formula is C15H11BrClNO3. The predicted molar refractivity (Wildman–Crippen MR) is 85.1 cm³/mol. The number of rotatable bonds is 5. The third-order valence-corrected chi connectivity index (χ3v) is 3.40. The van der Waals surface area contributed by atoms with Crippen molar-refractivity contribution in [1.29, 1.82) is 0 Å². The van der Waals surface area contributed by atoms with Crippen LogP contribution in [0.3, 0.4) is 0 Å². The summed E-state index contributed by atoms with van der Waals surface area (Å²) in [7, 11) is 0.